The molecule has 1 unspecified atom stereocenters. The van der Waals surface area contributed by atoms with Crippen molar-refractivity contribution in [3.63, 3.8) is 0 Å². The van der Waals surface area contributed by atoms with Crippen LogP contribution < -0.4 is 4.90 Å². The SMILES string of the molecule is CC1CCCN(C(=O)c2cncc(N3CCN(C)CC3)c2)C1. The third kappa shape index (κ3) is 3.40. The van der Waals surface area contributed by atoms with Gasteiger partial charge < -0.3 is 14.7 Å². The maximum atomic E-state index is 12.7. The standard InChI is InChI=1S/C17H26N4O/c1-14-4-3-5-21(13-14)17(22)15-10-16(12-18-11-15)20-8-6-19(2)7-9-20/h10-12,14H,3-9,13H2,1-2H3. The second-order valence-electron chi connectivity index (χ2n) is 6.72. The van der Waals surface area contributed by atoms with E-state index < -0.39 is 0 Å². The summed E-state index contributed by atoms with van der Waals surface area (Å²) >= 11 is 0. The average Bonchev–Trinajstić information content (AvgIpc) is 2.55. The molecule has 2 saturated heterocycles. The lowest BCUT2D eigenvalue weighted by atomic mass is 10.00. The fourth-order valence-electron chi connectivity index (χ4n) is 3.34. The Kier molecular flexibility index (Phi) is 4.62. The quantitative estimate of drug-likeness (QED) is 0.834. The van der Waals surface area contributed by atoms with Crippen LogP contribution in [0.1, 0.15) is 30.1 Å². The third-order valence-corrected chi connectivity index (χ3v) is 4.78. The first kappa shape index (κ1) is 15.3. The average molecular weight is 302 g/mol. The fraction of sp³-hybridized carbons (Fsp3) is 0.647. The summed E-state index contributed by atoms with van der Waals surface area (Å²) in [5.41, 5.74) is 1.80. The Labute approximate surface area is 132 Å². The van der Waals surface area contributed by atoms with Crippen LogP contribution in [0.2, 0.25) is 0 Å². The number of rotatable bonds is 2. The number of hydrogen-bond acceptors (Lipinski definition) is 4. The lowest BCUT2D eigenvalue weighted by molar-refractivity contribution is 0.0682. The van der Waals surface area contributed by atoms with E-state index >= 15 is 0 Å². The number of carbonyl (C=O) groups is 1. The second kappa shape index (κ2) is 6.65. The van der Waals surface area contributed by atoms with Gasteiger partial charge in [-0.2, -0.15) is 0 Å². The van der Waals surface area contributed by atoms with Crippen LogP contribution in [0, 0.1) is 5.92 Å². The number of amides is 1. The van der Waals surface area contributed by atoms with Gasteiger partial charge in [0, 0.05) is 45.5 Å². The van der Waals surface area contributed by atoms with Crippen LogP contribution in [0.25, 0.3) is 0 Å². The van der Waals surface area contributed by atoms with Crippen LogP contribution in [0.15, 0.2) is 18.5 Å². The predicted octanol–water partition coefficient (Wildman–Crippen LogP) is 1.71. The number of aromatic nitrogens is 1. The number of pyridine rings is 1. The van der Waals surface area contributed by atoms with E-state index in [4.69, 9.17) is 0 Å². The minimum Gasteiger partial charge on any atom is -0.368 e. The van der Waals surface area contributed by atoms with Crippen LogP contribution in [0.3, 0.4) is 0 Å². The second-order valence-corrected chi connectivity index (χ2v) is 6.72. The molecule has 1 amide bonds. The maximum Gasteiger partial charge on any atom is 0.255 e. The highest BCUT2D eigenvalue weighted by Crippen LogP contribution is 2.21. The molecule has 0 aliphatic carbocycles. The van der Waals surface area contributed by atoms with Gasteiger partial charge in [0.05, 0.1) is 17.4 Å². The molecule has 120 valence electrons. The van der Waals surface area contributed by atoms with E-state index in [0.29, 0.717) is 5.92 Å². The summed E-state index contributed by atoms with van der Waals surface area (Å²) in [5, 5.41) is 0. The zero-order valence-corrected chi connectivity index (χ0v) is 13.7. The van der Waals surface area contributed by atoms with Crippen molar-refractivity contribution in [2.45, 2.75) is 19.8 Å². The highest BCUT2D eigenvalue weighted by molar-refractivity contribution is 5.94. The normalized spacial score (nSPS) is 23.6. The Balaban J connectivity index is 1.71. The van der Waals surface area contributed by atoms with E-state index in [1.54, 1.807) is 6.20 Å². The van der Waals surface area contributed by atoms with Gasteiger partial charge in [-0.05, 0) is 31.9 Å². The summed E-state index contributed by atoms with van der Waals surface area (Å²) in [6, 6.07) is 2.01. The Morgan fingerprint density at radius 1 is 1.18 bits per heavy atom. The molecule has 0 aromatic carbocycles. The van der Waals surface area contributed by atoms with Gasteiger partial charge in [-0.25, -0.2) is 0 Å². The van der Waals surface area contributed by atoms with E-state index in [-0.39, 0.29) is 5.91 Å². The number of anilines is 1. The molecule has 5 heteroatoms. The minimum atomic E-state index is 0.134. The van der Waals surface area contributed by atoms with E-state index in [1.807, 2.05) is 17.2 Å². The smallest absolute Gasteiger partial charge is 0.255 e. The van der Waals surface area contributed by atoms with Crippen molar-refractivity contribution in [2.75, 3.05) is 51.2 Å². The summed E-state index contributed by atoms with van der Waals surface area (Å²) in [7, 11) is 2.15. The van der Waals surface area contributed by atoms with Gasteiger partial charge in [-0.15, -0.1) is 0 Å². The highest BCUT2D eigenvalue weighted by Gasteiger charge is 2.23. The fourth-order valence-corrected chi connectivity index (χ4v) is 3.34. The number of likely N-dealkylation sites (N-methyl/N-ethyl adjacent to an activating group) is 1. The van der Waals surface area contributed by atoms with E-state index in [0.717, 1.165) is 56.9 Å². The van der Waals surface area contributed by atoms with Gasteiger partial charge in [0.15, 0.2) is 0 Å². The highest BCUT2D eigenvalue weighted by atomic mass is 16.2. The van der Waals surface area contributed by atoms with Gasteiger partial charge in [-0.3, -0.25) is 9.78 Å². The van der Waals surface area contributed by atoms with Crippen molar-refractivity contribution in [3.8, 4) is 0 Å². The molecule has 0 saturated carbocycles. The first-order chi connectivity index (χ1) is 10.6. The molecule has 3 rings (SSSR count). The van der Waals surface area contributed by atoms with Crippen LogP contribution >= 0.6 is 0 Å². The number of piperazine rings is 1. The predicted molar refractivity (Wildman–Crippen MR) is 88.2 cm³/mol. The largest absolute Gasteiger partial charge is 0.368 e. The van der Waals surface area contributed by atoms with Gasteiger partial charge in [0.2, 0.25) is 0 Å². The number of nitrogens with zero attached hydrogens (tertiary/aromatic N) is 4. The van der Waals surface area contributed by atoms with Crippen LogP contribution in [0.4, 0.5) is 5.69 Å². The summed E-state index contributed by atoms with van der Waals surface area (Å²) < 4.78 is 0. The summed E-state index contributed by atoms with van der Waals surface area (Å²) in [6.45, 7) is 8.08. The summed E-state index contributed by atoms with van der Waals surface area (Å²) in [6.07, 6.45) is 5.92. The van der Waals surface area contributed by atoms with Gasteiger partial charge in [0.25, 0.3) is 5.91 Å². The lowest BCUT2D eigenvalue weighted by Gasteiger charge is -2.34. The Morgan fingerprint density at radius 3 is 2.68 bits per heavy atom. The molecule has 0 N–H and O–H groups in total. The van der Waals surface area contributed by atoms with Crippen molar-refractivity contribution >= 4 is 11.6 Å². The molecule has 1 aromatic heterocycles. The molecule has 0 radical (unpaired) electrons. The molecule has 1 aromatic rings. The molecule has 0 spiro atoms. The Morgan fingerprint density at radius 2 is 1.95 bits per heavy atom. The molecule has 1 atom stereocenters. The molecular formula is C17H26N4O. The number of carbonyl (C=O) groups excluding carboxylic acids is 1. The third-order valence-electron chi connectivity index (χ3n) is 4.78. The zero-order chi connectivity index (χ0) is 15.5. The Bertz CT molecular complexity index is 525. The number of hydrogen-bond donors (Lipinski definition) is 0. The van der Waals surface area contributed by atoms with Crippen LogP contribution in [-0.2, 0) is 0 Å². The lowest BCUT2D eigenvalue weighted by Crippen LogP contribution is -2.44. The van der Waals surface area contributed by atoms with E-state index in [9.17, 15) is 4.79 Å². The molecule has 0 bridgehead atoms. The van der Waals surface area contributed by atoms with Gasteiger partial charge in [0.1, 0.15) is 0 Å². The molecule has 2 fully saturated rings. The van der Waals surface area contributed by atoms with Crippen LogP contribution in [0.5, 0.6) is 0 Å². The maximum absolute atomic E-state index is 12.7. The number of likely N-dealkylation sites (tertiary alicyclic amines) is 1. The molecule has 2 aliphatic heterocycles. The van der Waals surface area contributed by atoms with Crippen molar-refractivity contribution in [1.82, 2.24) is 14.8 Å². The number of piperidine rings is 1. The van der Waals surface area contributed by atoms with E-state index in [1.165, 1.54) is 6.42 Å². The monoisotopic (exact) mass is 302 g/mol. The van der Waals surface area contributed by atoms with Crippen molar-refractivity contribution in [1.29, 1.82) is 0 Å². The molecule has 2 aliphatic rings. The van der Waals surface area contributed by atoms with Crippen molar-refractivity contribution in [2.24, 2.45) is 5.92 Å². The van der Waals surface area contributed by atoms with E-state index in [2.05, 4.69) is 28.8 Å². The molecule has 3 heterocycles. The first-order valence-electron chi connectivity index (χ1n) is 8.31. The van der Waals surface area contributed by atoms with Crippen LogP contribution in [-0.4, -0.2) is 67.0 Å². The zero-order valence-electron chi connectivity index (χ0n) is 13.7. The summed E-state index contributed by atoms with van der Waals surface area (Å²) in [5.74, 6) is 0.738. The first-order valence-corrected chi connectivity index (χ1v) is 8.31. The Hall–Kier alpha value is -1.62. The van der Waals surface area contributed by atoms with Gasteiger partial charge in [-0.1, -0.05) is 6.92 Å². The van der Waals surface area contributed by atoms with Gasteiger partial charge >= 0.3 is 0 Å². The van der Waals surface area contributed by atoms with Crippen molar-refractivity contribution < 1.29 is 4.79 Å². The topological polar surface area (TPSA) is 39.7 Å². The summed E-state index contributed by atoms with van der Waals surface area (Å²) in [4.78, 5) is 23.6. The molecule has 22 heavy (non-hydrogen) atoms. The molecule has 5 nitrogen and oxygen atoms in total. The molecular weight excluding hydrogens is 276 g/mol. The van der Waals surface area contributed by atoms with Crippen molar-refractivity contribution in [3.05, 3.63) is 24.0 Å². The minimum absolute atomic E-state index is 0.134.